The third-order valence-electron chi connectivity index (χ3n) is 8.02. The van der Waals surface area contributed by atoms with Crippen LogP contribution in [0.1, 0.15) is 47.6 Å². The number of allylic oxidation sites excluding steroid dienone is 1. The van der Waals surface area contributed by atoms with Gasteiger partial charge in [0.2, 0.25) is 0 Å². The Bertz CT molecular complexity index is 2080. The highest BCUT2D eigenvalue weighted by atomic mass is 16.5. The summed E-state index contributed by atoms with van der Waals surface area (Å²) >= 11 is 0. The van der Waals surface area contributed by atoms with Gasteiger partial charge >= 0.3 is 0 Å². The number of nitrogens with zero attached hydrogens (tertiary/aromatic N) is 3. The lowest BCUT2D eigenvalue weighted by Crippen LogP contribution is -2.21. The number of aryl methyl sites for hydroxylation is 2. The van der Waals surface area contributed by atoms with Crippen molar-refractivity contribution < 1.29 is 19.0 Å². The van der Waals surface area contributed by atoms with E-state index in [1.54, 1.807) is 37.6 Å². The predicted molar refractivity (Wildman–Crippen MR) is 192 cm³/mol. The normalized spacial score (nSPS) is 11.2. The van der Waals surface area contributed by atoms with Gasteiger partial charge in [-0.05, 0) is 90.9 Å². The average molecular weight is 645 g/mol. The number of hydrogen-bond acceptors (Lipinski definition) is 7. The van der Waals surface area contributed by atoms with E-state index in [9.17, 15) is 9.59 Å². The average Bonchev–Trinajstić information content (AvgIpc) is 3.08. The molecule has 1 N–H and O–H groups in total. The SMILES string of the molecule is C=CCc1cc(C=Nn2c(-c3cc(C(C)C)c(OC)cc3C)nc3ccccc3c2=O)cc(OC)c1OCC(=O)Nc1ccccc1C. The molecule has 5 aromatic rings. The van der Waals surface area contributed by atoms with Crippen molar-refractivity contribution in [2.75, 3.05) is 26.1 Å². The first-order chi connectivity index (χ1) is 23.1. The van der Waals surface area contributed by atoms with Crippen LogP contribution in [0.2, 0.25) is 0 Å². The second-order valence-electron chi connectivity index (χ2n) is 11.7. The van der Waals surface area contributed by atoms with Crippen molar-refractivity contribution in [1.82, 2.24) is 9.66 Å². The minimum absolute atomic E-state index is 0.174. The molecule has 246 valence electrons. The number of amides is 1. The summed E-state index contributed by atoms with van der Waals surface area (Å²) in [4.78, 5) is 31.6. The van der Waals surface area contributed by atoms with Crippen LogP contribution in [0.3, 0.4) is 0 Å². The molecule has 0 saturated carbocycles. The van der Waals surface area contributed by atoms with E-state index in [-0.39, 0.29) is 24.0 Å². The molecular weight excluding hydrogens is 604 g/mol. The van der Waals surface area contributed by atoms with Gasteiger partial charge in [0.15, 0.2) is 23.9 Å². The number of hydrogen-bond donors (Lipinski definition) is 1. The predicted octanol–water partition coefficient (Wildman–Crippen LogP) is 7.45. The Hall–Kier alpha value is -5.70. The molecule has 0 radical (unpaired) electrons. The third kappa shape index (κ3) is 7.15. The molecule has 4 aromatic carbocycles. The number of nitrogens with one attached hydrogen (secondary N) is 1. The fourth-order valence-electron chi connectivity index (χ4n) is 5.51. The number of carbonyl (C=O) groups excluding carboxylic acids is 1. The number of methoxy groups -OCH3 is 2. The Morgan fingerprint density at radius 2 is 1.71 bits per heavy atom. The van der Waals surface area contributed by atoms with E-state index in [2.05, 4.69) is 25.7 Å². The van der Waals surface area contributed by atoms with Gasteiger partial charge < -0.3 is 19.5 Å². The van der Waals surface area contributed by atoms with Gasteiger partial charge in [0, 0.05) is 16.8 Å². The summed E-state index contributed by atoms with van der Waals surface area (Å²) < 4.78 is 18.7. The molecule has 5 rings (SSSR count). The number of carbonyl (C=O) groups is 1. The van der Waals surface area contributed by atoms with E-state index < -0.39 is 0 Å². The third-order valence-corrected chi connectivity index (χ3v) is 8.02. The van der Waals surface area contributed by atoms with Crippen molar-refractivity contribution in [3.05, 3.63) is 124 Å². The molecule has 0 spiro atoms. The van der Waals surface area contributed by atoms with Crippen molar-refractivity contribution in [3.63, 3.8) is 0 Å². The first-order valence-electron chi connectivity index (χ1n) is 15.7. The molecular formula is C39H40N4O5. The van der Waals surface area contributed by atoms with Crippen molar-refractivity contribution in [1.29, 1.82) is 0 Å². The lowest BCUT2D eigenvalue weighted by atomic mass is 9.96. The molecule has 0 saturated heterocycles. The van der Waals surface area contributed by atoms with Gasteiger partial charge in [0.1, 0.15) is 5.75 Å². The summed E-state index contributed by atoms with van der Waals surface area (Å²) in [7, 11) is 3.18. The van der Waals surface area contributed by atoms with Crippen molar-refractivity contribution >= 4 is 28.7 Å². The molecule has 0 bridgehead atoms. The first-order valence-corrected chi connectivity index (χ1v) is 15.7. The van der Waals surface area contributed by atoms with E-state index >= 15 is 0 Å². The molecule has 1 heterocycles. The molecule has 1 amide bonds. The van der Waals surface area contributed by atoms with Crippen LogP contribution in [0.25, 0.3) is 22.3 Å². The maximum atomic E-state index is 13.9. The summed E-state index contributed by atoms with van der Waals surface area (Å²) in [5.74, 6) is 1.90. The molecule has 0 aliphatic heterocycles. The standard InChI is InChI=1S/C39H40N4O5/c1-8-13-28-19-27(20-35(47-7)37(28)48-23-36(44)41-32-16-11-9-14-25(32)4)22-40-43-38(42-33-17-12-10-15-29(33)39(43)45)31-21-30(24(2)3)34(46-6)18-26(31)5/h8-12,14-22,24H,1,13,23H2,2-7H3,(H,41,44). The largest absolute Gasteiger partial charge is 0.496 e. The second-order valence-corrected chi connectivity index (χ2v) is 11.7. The van der Waals surface area contributed by atoms with Crippen LogP contribution in [-0.2, 0) is 11.2 Å². The van der Waals surface area contributed by atoms with E-state index in [4.69, 9.17) is 24.3 Å². The fourth-order valence-corrected chi connectivity index (χ4v) is 5.51. The fraction of sp³-hybridized carbons (Fsp3) is 0.231. The van der Waals surface area contributed by atoms with Gasteiger partial charge in [-0.25, -0.2) is 4.98 Å². The molecule has 48 heavy (non-hydrogen) atoms. The summed E-state index contributed by atoms with van der Waals surface area (Å²) in [5.41, 5.74) is 6.01. The molecule has 0 aliphatic carbocycles. The maximum Gasteiger partial charge on any atom is 0.282 e. The quantitative estimate of drug-likeness (QED) is 0.112. The summed E-state index contributed by atoms with van der Waals surface area (Å²) in [5, 5.41) is 8.03. The molecule has 0 aliphatic rings. The summed E-state index contributed by atoms with van der Waals surface area (Å²) in [6, 6.07) is 22.4. The number of ether oxygens (including phenoxy) is 3. The number of anilines is 1. The van der Waals surface area contributed by atoms with Crippen LogP contribution in [-0.4, -0.2) is 42.6 Å². The highest BCUT2D eigenvalue weighted by Crippen LogP contribution is 2.35. The van der Waals surface area contributed by atoms with Crippen molar-refractivity contribution in [3.8, 4) is 28.6 Å². The zero-order valence-electron chi connectivity index (χ0n) is 28.2. The molecule has 0 unspecified atom stereocenters. The highest BCUT2D eigenvalue weighted by molar-refractivity contribution is 5.92. The zero-order valence-corrected chi connectivity index (χ0v) is 28.2. The van der Waals surface area contributed by atoms with Gasteiger partial charge in [0.25, 0.3) is 11.5 Å². The van der Waals surface area contributed by atoms with Crippen molar-refractivity contribution in [2.45, 2.75) is 40.0 Å². The first kappa shape index (κ1) is 33.7. The Balaban J connectivity index is 1.55. The maximum absolute atomic E-state index is 13.9. The minimum Gasteiger partial charge on any atom is -0.496 e. The van der Waals surface area contributed by atoms with E-state index in [1.165, 1.54) is 11.8 Å². The van der Waals surface area contributed by atoms with Gasteiger partial charge in [-0.15, -0.1) is 6.58 Å². The van der Waals surface area contributed by atoms with Gasteiger partial charge in [-0.2, -0.15) is 9.78 Å². The zero-order chi connectivity index (χ0) is 34.4. The van der Waals surface area contributed by atoms with Crippen LogP contribution >= 0.6 is 0 Å². The van der Waals surface area contributed by atoms with Gasteiger partial charge in [0.05, 0.1) is 31.3 Å². The lowest BCUT2D eigenvalue weighted by molar-refractivity contribution is -0.118. The van der Waals surface area contributed by atoms with Crippen LogP contribution in [0, 0.1) is 13.8 Å². The topological polar surface area (TPSA) is 104 Å². The molecule has 1 aromatic heterocycles. The van der Waals surface area contributed by atoms with Crippen LogP contribution < -0.4 is 25.1 Å². The molecule has 9 heteroatoms. The summed E-state index contributed by atoms with van der Waals surface area (Å²) in [6.45, 7) is 11.7. The second kappa shape index (κ2) is 14.8. The van der Waals surface area contributed by atoms with E-state index in [1.807, 2.05) is 68.4 Å². The van der Waals surface area contributed by atoms with Crippen LogP contribution in [0.5, 0.6) is 17.2 Å². The van der Waals surface area contributed by atoms with E-state index in [0.29, 0.717) is 40.2 Å². The Labute approximate surface area is 280 Å². The Morgan fingerprint density at radius 3 is 2.42 bits per heavy atom. The number of para-hydroxylation sites is 2. The number of rotatable bonds is 12. The molecule has 0 atom stereocenters. The highest BCUT2D eigenvalue weighted by Gasteiger charge is 2.19. The van der Waals surface area contributed by atoms with E-state index in [0.717, 1.165) is 39.3 Å². The number of benzene rings is 4. The monoisotopic (exact) mass is 644 g/mol. The van der Waals surface area contributed by atoms with Gasteiger partial charge in [-0.1, -0.05) is 50.3 Å². The lowest BCUT2D eigenvalue weighted by Gasteiger charge is -2.17. The molecule has 9 nitrogen and oxygen atoms in total. The Morgan fingerprint density at radius 1 is 0.979 bits per heavy atom. The van der Waals surface area contributed by atoms with Gasteiger partial charge in [-0.3, -0.25) is 9.59 Å². The van der Waals surface area contributed by atoms with Crippen molar-refractivity contribution in [2.24, 2.45) is 5.10 Å². The van der Waals surface area contributed by atoms with Crippen LogP contribution in [0.15, 0.2) is 95.3 Å². The smallest absolute Gasteiger partial charge is 0.282 e. The minimum atomic E-state index is -0.300. The molecule has 0 fully saturated rings. The number of fused-ring (bicyclic) bond motifs is 1. The van der Waals surface area contributed by atoms with Crippen LogP contribution in [0.4, 0.5) is 5.69 Å². The summed E-state index contributed by atoms with van der Waals surface area (Å²) in [6.07, 6.45) is 3.77. The number of aromatic nitrogens is 2. The Kier molecular flexibility index (Phi) is 10.4.